The van der Waals surface area contributed by atoms with Crippen molar-refractivity contribution in [2.75, 3.05) is 26.0 Å². The number of carbonyl (C=O) groups is 2. The number of carboxylic acids is 1. The molecule has 0 fully saturated rings. The maximum absolute atomic E-state index is 12.9. The van der Waals surface area contributed by atoms with E-state index in [1.165, 1.54) is 6.07 Å². The van der Waals surface area contributed by atoms with E-state index in [9.17, 15) is 14.7 Å². The summed E-state index contributed by atoms with van der Waals surface area (Å²) in [5, 5.41) is 12.0. The Bertz CT molecular complexity index is 1040. The van der Waals surface area contributed by atoms with Crippen molar-refractivity contribution in [3.63, 3.8) is 0 Å². The van der Waals surface area contributed by atoms with Gasteiger partial charge in [-0.2, -0.15) is 0 Å². The van der Waals surface area contributed by atoms with Crippen molar-refractivity contribution in [2.45, 2.75) is 12.8 Å². The van der Waals surface area contributed by atoms with Gasteiger partial charge < -0.3 is 15.3 Å². The topological polar surface area (TPSA) is 95.4 Å². The fourth-order valence-electron chi connectivity index (χ4n) is 3.00. The summed E-state index contributed by atoms with van der Waals surface area (Å²) in [6, 6.07) is 17.4. The van der Waals surface area contributed by atoms with E-state index in [2.05, 4.69) is 20.2 Å². The summed E-state index contributed by atoms with van der Waals surface area (Å²) in [5.74, 6) is -1.12. The predicted molar refractivity (Wildman–Crippen MR) is 116 cm³/mol. The summed E-state index contributed by atoms with van der Waals surface area (Å²) in [6.07, 6.45) is 1.59. The van der Waals surface area contributed by atoms with Crippen molar-refractivity contribution < 1.29 is 14.7 Å². The Morgan fingerprint density at radius 3 is 2.40 bits per heavy atom. The number of benzene rings is 2. The second kappa shape index (κ2) is 9.76. The number of carbonyl (C=O) groups excluding carboxylic acids is 1. The summed E-state index contributed by atoms with van der Waals surface area (Å²) in [5.41, 5.74) is 2.02. The minimum absolute atomic E-state index is 0.0226. The van der Waals surface area contributed by atoms with E-state index in [1.54, 1.807) is 24.3 Å². The fourth-order valence-corrected chi connectivity index (χ4v) is 3.00. The number of anilines is 1. The van der Waals surface area contributed by atoms with Crippen LogP contribution in [0.3, 0.4) is 0 Å². The average Bonchev–Trinajstić information content (AvgIpc) is 2.74. The van der Waals surface area contributed by atoms with E-state index >= 15 is 0 Å². The number of amides is 1. The number of hydrogen-bond donors (Lipinski definition) is 2. The Morgan fingerprint density at radius 2 is 1.70 bits per heavy atom. The molecule has 0 aliphatic heterocycles. The number of hydrogen-bond acceptors (Lipinski definition) is 5. The lowest BCUT2D eigenvalue weighted by Crippen LogP contribution is -2.18. The predicted octanol–water partition coefficient (Wildman–Crippen LogP) is 3.59. The Labute approximate surface area is 175 Å². The smallest absolute Gasteiger partial charge is 0.337 e. The molecule has 0 saturated heterocycles. The molecule has 0 unspecified atom stereocenters. The van der Waals surface area contributed by atoms with Crippen LogP contribution in [0.25, 0.3) is 11.4 Å². The summed E-state index contributed by atoms with van der Waals surface area (Å²) in [6.45, 7) is 0.901. The molecular formula is C23H24N4O3. The molecule has 1 heterocycles. The van der Waals surface area contributed by atoms with Crippen molar-refractivity contribution >= 4 is 17.6 Å². The molecule has 0 saturated carbocycles. The van der Waals surface area contributed by atoms with Crippen molar-refractivity contribution in [1.82, 2.24) is 14.9 Å². The highest BCUT2D eigenvalue weighted by Crippen LogP contribution is 2.19. The SMILES string of the molecule is CN(C)CCCc1cc(C(=O)Nc2ccccc2C(=O)O)nc(-c2ccccc2)n1. The van der Waals surface area contributed by atoms with Crippen LogP contribution in [0.15, 0.2) is 60.7 Å². The molecule has 3 aromatic rings. The summed E-state index contributed by atoms with van der Waals surface area (Å²) < 4.78 is 0. The second-order valence-corrected chi connectivity index (χ2v) is 7.15. The third-order valence-electron chi connectivity index (χ3n) is 4.49. The molecule has 30 heavy (non-hydrogen) atoms. The van der Waals surface area contributed by atoms with E-state index < -0.39 is 11.9 Å². The number of aromatic nitrogens is 2. The van der Waals surface area contributed by atoms with Crippen LogP contribution in [0, 0.1) is 0 Å². The number of nitrogens with zero attached hydrogens (tertiary/aromatic N) is 3. The van der Waals surface area contributed by atoms with E-state index in [0.717, 1.165) is 24.2 Å². The van der Waals surface area contributed by atoms with Gasteiger partial charge in [0.05, 0.1) is 11.3 Å². The van der Waals surface area contributed by atoms with Crippen LogP contribution < -0.4 is 5.32 Å². The number of nitrogens with one attached hydrogen (secondary N) is 1. The van der Waals surface area contributed by atoms with E-state index in [-0.39, 0.29) is 16.9 Å². The van der Waals surface area contributed by atoms with E-state index in [1.807, 2.05) is 44.4 Å². The standard InChI is InChI=1S/C23H24N4O3/c1-27(2)14-8-11-17-15-20(25-21(24-17)16-9-4-3-5-10-16)22(28)26-19-13-7-6-12-18(19)23(29)30/h3-7,9-10,12-13,15H,8,11,14H2,1-2H3,(H,26,28)(H,29,30). The van der Waals surface area contributed by atoms with E-state index in [4.69, 9.17) is 0 Å². The lowest BCUT2D eigenvalue weighted by atomic mass is 10.1. The van der Waals surface area contributed by atoms with Crippen LogP contribution in [-0.2, 0) is 6.42 Å². The molecule has 2 aromatic carbocycles. The minimum atomic E-state index is -1.11. The minimum Gasteiger partial charge on any atom is -0.478 e. The molecule has 7 heteroatoms. The summed E-state index contributed by atoms with van der Waals surface area (Å²) in [4.78, 5) is 35.5. The van der Waals surface area contributed by atoms with Gasteiger partial charge in [0.2, 0.25) is 0 Å². The maximum Gasteiger partial charge on any atom is 0.337 e. The molecule has 154 valence electrons. The third-order valence-corrected chi connectivity index (χ3v) is 4.49. The number of rotatable bonds is 8. The molecule has 2 N–H and O–H groups in total. The quantitative estimate of drug-likeness (QED) is 0.596. The van der Waals surface area contributed by atoms with Gasteiger partial charge in [-0.3, -0.25) is 4.79 Å². The van der Waals surface area contributed by atoms with Gasteiger partial charge in [-0.1, -0.05) is 42.5 Å². The zero-order valence-electron chi connectivity index (χ0n) is 17.0. The molecule has 0 spiro atoms. The van der Waals surface area contributed by atoms with Gasteiger partial charge in [-0.15, -0.1) is 0 Å². The van der Waals surface area contributed by atoms with Gasteiger partial charge in [0.15, 0.2) is 5.82 Å². The zero-order valence-corrected chi connectivity index (χ0v) is 17.0. The van der Waals surface area contributed by atoms with Gasteiger partial charge >= 0.3 is 5.97 Å². The van der Waals surface area contributed by atoms with Crippen molar-refractivity contribution in [3.05, 3.63) is 77.6 Å². The van der Waals surface area contributed by atoms with Gasteiger partial charge in [0, 0.05) is 11.3 Å². The van der Waals surface area contributed by atoms with Crippen LogP contribution in [0.5, 0.6) is 0 Å². The first-order valence-corrected chi connectivity index (χ1v) is 9.66. The number of para-hydroxylation sites is 1. The number of carboxylic acid groups (broad SMARTS) is 1. The Hall–Kier alpha value is -3.58. The van der Waals surface area contributed by atoms with Gasteiger partial charge in [0.25, 0.3) is 5.91 Å². The van der Waals surface area contributed by atoms with Crippen LogP contribution in [0.1, 0.15) is 33.0 Å². The molecule has 3 rings (SSSR count). The molecule has 0 atom stereocenters. The third kappa shape index (κ3) is 5.48. The first-order chi connectivity index (χ1) is 14.4. The van der Waals surface area contributed by atoms with Crippen molar-refractivity contribution in [1.29, 1.82) is 0 Å². The first kappa shape index (κ1) is 21.1. The molecule has 7 nitrogen and oxygen atoms in total. The lowest BCUT2D eigenvalue weighted by Gasteiger charge is -2.12. The van der Waals surface area contributed by atoms with Crippen LogP contribution in [-0.4, -0.2) is 52.5 Å². The molecule has 0 aliphatic carbocycles. The molecule has 0 aliphatic rings. The fraction of sp³-hybridized carbons (Fsp3) is 0.217. The molecule has 0 radical (unpaired) electrons. The van der Waals surface area contributed by atoms with Gasteiger partial charge in [0.1, 0.15) is 5.69 Å². The van der Waals surface area contributed by atoms with E-state index in [0.29, 0.717) is 12.2 Å². The highest BCUT2D eigenvalue weighted by Gasteiger charge is 2.16. The molecule has 1 aromatic heterocycles. The maximum atomic E-state index is 12.9. The largest absolute Gasteiger partial charge is 0.478 e. The highest BCUT2D eigenvalue weighted by molar-refractivity contribution is 6.06. The Balaban J connectivity index is 1.92. The van der Waals surface area contributed by atoms with Crippen LogP contribution in [0.4, 0.5) is 5.69 Å². The van der Waals surface area contributed by atoms with Gasteiger partial charge in [-0.25, -0.2) is 14.8 Å². The molecule has 1 amide bonds. The normalized spacial score (nSPS) is 10.8. The van der Waals surface area contributed by atoms with Crippen LogP contribution >= 0.6 is 0 Å². The molecule has 0 bridgehead atoms. The zero-order chi connectivity index (χ0) is 21.5. The summed E-state index contributed by atoms with van der Waals surface area (Å²) >= 11 is 0. The Kier molecular flexibility index (Phi) is 6.87. The molecular weight excluding hydrogens is 380 g/mol. The second-order valence-electron chi connectivity index (χ2n) is 7.15. The van der Waals surface area contributed by atoms with Crippen molar-refractivity contribution in [3.8, 4) is 11.4 Å². The Morgan fingerprint density at radius 1 is 1.00 bits per heavy atom. The average molecular weight is 404 g/mol. The van der Waals surface area contributed by atoms with Crippen LogP contribution in [0.2, 0.25) is 0 Å². The lowest BCUT2D eigenvalue weighted by molar-refractivity contribution is 0.0698. The number of aryl methyl sites for hydroxylation is 1. The monoisotopic (exact) mass is 404 g/mol. The highest BCUT2D eigenvalue weighted by atomic mass is 16.4. The van der Waals surface area contributed by atoms with Gasteiger partial charge in [-0.05, 0) is 51.7 Å². The van der Waals surface area contributed by atoms with Crippen molar-refractivity contribution in [2.24, 2.45) is 0 Å². The number of aromatic carboxylic acids is 1. The summed E-state index contributed by atoms with van der Waals surface area (Å²) in [7, 11) is 4.02. The first-order valence-electron chi connectivity index (χ1n) is 9.66.